The van der Waals surface area contributed by atoms with Gasteiger partial charge in [-0.05, 0) is 30.9 Å². The molecule has 1 N–H and O–H groups in total. The van der Waals surface area contributed by atoms with Gasteiger partial charge in [0.05, 0.1) is 5.56 Å². The van der Waals surface area contributed by atoms with E-state index in [9.17, 15) is 23.1 Å². The van der Waals surface area contributed by atoms with Crippen LogP contribution in [0.25, 0.3) is 0 Å². The lowest BCUT2D eigenvalue weighted by Gasteiger charge is -2.35. The molecule has 23 heavy (non-hydrogen) atoms. The van der Waals surface area contributed by atoms with Crippen LogP contribution in [0.4, 0.5) is 19.0 Å². The van der Waals surface area contributed by atoms with Crippen LogP contribution in [0.3, 0.4) is 0 Å². The zero-order chi connectivity index (χ0) is 17.2. The van der Waals surface area contributed by atoms with Gasteiger partial charge in [-0.1, -0.05) is 0 Å². The molecule has 1 atom stereocenters. The van der Waals surface area contributed by atoms with Crippen molar-refractivity contribution in [2.45, 2.75) is 25.1 Å². The van der Waals surface area contributed by atoms with Crippen molar-refractivity contribution in [1.29, 1.82) is 0 Å². The second-order valence-corrected chi connectivity index (χ2v) is 5.89. The van der Waals surface area contributed by atoms with Gasteiger partial charge >= 0.3 is 6.18 Å². The molecule has 1 amide bonds. The molecule has 2 rings (SSSR count). The number of amides is 1. The summed E-state index contributed by atoms with van der Waals surface area (Å²) in [4.78, 5) is 20.0. The quantitative estimate of drug-likeness (QED) is 0.919. The topological polar surface area (TPSA) is 56.7 Å². The zero-order valence-corrected chi connectivity index (χ0v) is 13.0. The van der Waals surface area contributed by atoms with Crippen LogP contribution < -0.4 is 4.90 Å². The number of piperidine rings is 1. The number of pyridine rings is 1. The number of anilines is 1. The summed E-state index contributed by atoms with van der Waals surface area (Å²) in [7, 11) is 3.54. The van der Waals surface area contributed by atoms with Crippen molar-refractivity contribution in [3.05, 3.63) is 23.9 Å². The Morgan fingerprint density at radius 1 is 1.39 bits per heavy atom. The summed E-state index contributed by atoms with van der Waals surface area (Å²) in [5.74, 6) is -0.585. The van der Waals surface area contributed by atoms with Crippen molar-refractivity contribution in [1.82, 2.24) is 9.88 Å². The summed E-state index contributed by atoms with van der Waals surface area (Å²) < 4.78 is 37.7. The number of nitrogens with zero attached hydrogens (tertiary/aromatic N) is 3. The largest absolute Gasteiger partial charge is 0.414 e. The molecule has 5 nitrogen and oxygen atoms in total. The first-order chi connectivity index (χ1) is 10.7. The van der Waals surface area contributed by atoms with Crippen molar-refractivity contribution < 1.29 is 23.1 Å². The molecule has 0 bridgehead atoms. The smallest absolute Gasteiger partial charge is 0.383 e. The molecule has 1 saturated heterocycles. The van der Waals surface area contributed by atoms with Crippen LogP contribution in [0.1, 0.15) is 23.2 Å². The van der Waals surface area contributed by atoms with Crippen LogP contribution in [0.15, 0.2) is 18.3 Å². The fourth-order valence-electron chi connectivity index (χ4n) is 2.78. The highest BCUT2D eigenvalue weighted by molar-refractivity contribution is 5.98. The molecule has 8 heteroatoms. The fraction of sp³-hybridized carbons (Fsp3) is 0.600. The van der Waals surface area contributed by atoms with E-state index in [1.165, 1.54) is 4.90 Å². The van der Waals surface area contributed by atoms with Gasteiger partial charge < -0.3 is 14.9 Å². The number of likely N-dealkylation sites (tertiary alicyclic amines) is 1. The summed E-state index contributed by atoms with van der Waals surface area (Å²) in [5.41, 5.74) is 0.423. The summed E-state index contributed by atoms with van der Waals surface area (Å²) in [5, 5.41) is 9.32. The third-order valence-electron chi connectivity index (χ3n) is 4.05. The monoisotopic (exact) mass is 331 g/mol. The number of hydrogen-bond acceptors (Lipinski definition) is 4. The SMILES string of the molecule is CN(C)c1ncccc1C(=O)N1CCC(C(O)C(F)(F)F)CC1. The standard InChI is InChI=1S/C15H20F3N3O2/c1-20(2)13-11(4-3-7-19-13)14(23)21-8-5-10(6-9-21)12(22)15(16,17)18/h3-4,7,10,12,22H,5-6,8-9H2,1-2H3. The Bertz CT molecular complexity index is 555. The van der Waals surface area contributed by atoms with E-state index >= 15 is 0 Å². The van der Waals surface area contributed by atoms with Crippen LogP contribution in [0, 0.1) is 5.92 Å². The van der Waals surface area contributed by atoms with E-state index in [-0.39, 0.29) is 31.8 Å². The number of aromatic nitrogens is 1. The number of carbonyl (C=O) groups excluding carboxylic acids is 1. The van der Waals surface area contributed by atoms with Crippen molar-refractivity contribution in [3.63, 3.8) is 0 Å². The Hall–Kier alpha value is -1.83. The van der Waals surface area contributed by atoms with Crippen molar-refractivity contribution in [2.24, 2.45) is 5.92 Å². The minimum absolute atomic E-state index is 0.129. The maximum atomic E-state index is 12.6. The Balaban J connectivity index is 2.05. The number of aliphatic hydroxyl groups excluding tert-OH is 1. The summed E-state index contributed by atoms with van der Waals surface area (Å²) >= 11 is 0. The molecule has 2 heterocycles. The molecule has 1 aromatic heterocycles. The van der Waals surface area contributed by atoms with Gasteiger partial charge in [-0.25, -0.2) is 4.98 Å². The molecule has 128 valence electrons. The Kier molecular flexibility index (Phi) is 5.13. The molecule has 1 aliphatic rings. The first-order valence-electron chi connectivity index (χ1n) is 7.38. The highest BCUT2D eigenvalue weighted by Crippen LogP contribution is 2.32. The predicted molar refractivity (Wildman–Crippen MR) is 79.3 cm³/mol. The average molecular weight is 331 g/mol. The van der Waals surface area contributed by atoms with Gasteiger partial charge in [-0.15, -0.1) is 0 Å². The van der Waals surface area contributed by atoms with Crippen molar-refractivity contribution in [3.8, 4) is 0 Å². The number of aliphatic hydroxyl groups is 1. The van der Waals surface area contributed by atoms with E-state index in [4.69, 9.17) is 0 Å². The molecule has 1 aliphatic heterocycles. The van der Waals surface area contributed by atoms with E-state index < -0.39 is 18.2 Å². The summed E-state index contributed by atoms with van der Waals surface area (Å²) in [6.45, 7) is 0.386. The van der Waals surface area contributed by atoms with Gasteiger partial charge in [0.25, 0.3) is 5.91 Å². The lowest BCUT2D eigenvalue weighted by Crippen LogP contribution is -2.45. The van der Waals surface area contributed by atoms with Crippen molar-refractivity contribution in [2.75, 3.05) is 32.1 Å². The second-order valence-electron chi connectivity index (χ2n) is 5.89. The number of hydrogen-bond donors (Lipinski definition) is 1. The van der Waals surface area contributed by atoms with Gasteiger partial charge in [-0.2, -0.15) is 13.2 Å². The van der Waals surface area contributed by atoms with Gasteiger partial charge in [0.1, 0.15) is 5.82 Å². The van der Waals surface area contributed by atoms with Crippen LogP contribution in [0.2, 0.25) is 0 Å². The third kappa shape index (κ3) is 3.93. The van der Waals surface area contributed by atoms with E-state index in [0.29, 0.717) is 11.4 Å². The highest BCUT2D eigenvalue weighted by Gasteiger charge is 2.44. The summed E-state index contributed by atoms with van der Waals surface area (Å²) in [6, 6.07) is 3.31. The fourth-order valence-corrected chi connectivity index (χ4v) is 2.78. The molecular weight excluding hydrogens is 311 g/mol. The lowest BCUT2D eigenvalue weighted by atomic mass is 9.90. The first-order valence-corrected chi connectivity index (χ1v) is 7.38. The molecule has 0 radical (unpaired) electrons. The molecule has 1 aromatic rings. The van der Waals surface area contributed by atoms with Gasteiger partial charge in [-0.3, -0.25) is 4.79 Å². The second kappa shape index (κ2) is 6.74. The zero-order valence-electron chi connectivity index (χ0n) is 13.0. The van der Waals surface area contributed by atoms with E-state index in [2.05, 4.69) is 4.98 Å². The number of alkyl halides is 3. The lowest BCUT2D eigenvalue weighted by molar-refractivity contribution is -0.222. The van der Waals surface area contributed by atoms with E-state index in [0.717, 1.165) is 0 Å². The van der Waals surface area contributed by atoms with Crippen LogP contribution in [-0.4, -0.2) is 60.4 Å². The number of carbonyl (C=O) groups is 1. The number of halogens is 3. The van der Waals surface area contributed by atoms with E-state index in [1.54, 1.807) is 37.3 Å². The Morgan fingerprint density at radius 2 is 2.00 bits per heavy atom. The van der Waals surface area contributed by atoms with Crippen molar-refractivity contribution >= 4 is 11.7 Å². The molecule has 1 fully saturated rings. The van der Waals surface area contributed by atoms with Gasteiger partial charge in [0.2, 0.25) is 0 Å². The Morgan fingerprint density at radius 3 is 2.52 bits per heavy atom. The van der Waals surface area contributed by atoms with E-state index in [1.807, 2.05) is 0 Å². The minimum Gasteiger partial charge on any atom is -0.383 e. The third-order valence-corrected chi connectivity index (χ3v) is 4.05. The molecule has 0 saturated carbocycles. The maximum absolute atomic E-state index is 12.6. The average Bonchev–Trinajstić information content (AvgIpc) is 2.52. The molecule has 0 spiro atoms. The maximum Gasteiger partial charge on any atom is 0.414 e. The molecule has 0 aromatic carbocycles. The highest BCUT2D eigenvalue weighted by atomic mass is 19.4. The molecule has 0 aliphatic carbocycles. The molecule has 1 unspecified atom stereocenters. The normalized spacial score (nSPS) is 17.9. The Labute approximate surface area is 132 Å². The summed E-state index contributed by atoms with van der Waals surface area (Å²) in [6.07, 6.45) is -5.10. The predicted octanol–water partition coefficient (Wildman–Crippen LogP) is 1.92. The van der Waals surface area contributed by atoms with Gasteiger partial charge in [0.15, 0.2) is 6.10 Å². The van der Waals surface area contributed by atoms with Crippen LogP contribution >= 0.6 is 0 Å². The van der Waals surface area contributed by atoms with Crippen LogP contribution in [0.5, 0.6) is 0 Å². The first kappa shape index (κ1) is 17.5. The van der Waals surface area contributed by atoms with Gasteiger partial charge in [0, 0.05) is 33.4 Å². The van der Waals surface area contributed by atoms with Crippen LogP contribution in [-0.2, 0) is 0 Å². The molecular formula is C15H20F3N3O2. The minimum atomic E-state index is -4.61. The number of rotatable bonds is 3.